The monoisotopic (exact) mass is 322 g/mol. The van der Waals surface area contributed by atoms with E-state index in [1.165, 1.54) is 17.2 Å². The predicted molar refractivity (Wildman–Crippen MR) is 81.8 cm³/mol. The van der Waals surface area contributed by atoms with Gasteiger partial charge in [0.2, 0.25) is 0 Å². The highest BCUT2D eigenvalue weighted by Crippen LogP contribution is 2.29. The smallest absolute Gasteiger partial charge is 0.139 e. The molecule has 0 bridgehead atoms. The highest BCUT2D eigenvalue weighted by Gasteiger charge is 2.10. The van der Waals surface area contributed by atoms with Crippen LogP contribution >= 0.6 is 15.9 Å². The van der Waals surface area contributed by atoms with Crippen molar-refractivity contribution in [2.75, 3.05) is 17.7 Å². The Labute approximate surface area is 121 Å². The Balaban J connectivity index is 2.25. The molecular weight excluding hydrogens is 307 g/mol. The van der Waals surface area contributed by atoms with Gasteiger partial charge in [0, 0.05) is 19.7 Å². The number of nitrogens with two attached hydrogens (primary N) is 1. The predicted octanol–water partition coefficient (Wildman–Crippen LogP) is 4.12. The summed E-state index contributed by atoms with van der Waals surface area (Å²) in [4.78, 5) is 2.01. The van der Waals surface area contributed by atoms with E-state index in [1.807, 2.05) is 18.0 Å². The summed E-state index contributed by atoms with van der Waals surface area (Å²) >= 11 is 3.19. The van der Waals surface area contributed by atoms with E-state index in [9.17, 15) is 4.39 Å². The van der Waals surface area contributed by atoms with Crippen LogP contribution in [0.15, 0.2) is 40.9 Å². The fraction of sp³-hybridized carbons (Fsp3) is 0.200. The molecule has 0 spiro atoms. The molecule has 100 valence electrons. The molecule has 4 heteroatoms. The first-order valence-corrected chi connectivity index (χ1v) is 6.78. The summed E-state index contributed by atoms with van der Waals surface area (Å²) in [7, 11) is 1.94. The molecule has 2 N–H and O–H groups in total. The molecule has 0 heterocycles. The van der Waals surface area contributed by atoms with Gasteiger partial charge in [0.1, 0.15) is 5.82 Å². The first kappa shape index (κ1) is 13.9. The maximum Gasteiger partial charge on any atom is 0.139 e. The quantitative estimate of drug-likeness (QED) is 0.861. The van der Waals surface area contributed by atoms with E-state index in [-0.39, 0.29) is 5.82 Å². The number of hydrogen-bond donors (Lipinski definition) is 1. The molecule has 19 heavy (non-hydrogen) atoms. The number of anilines is 2. The minimum atomic E-state index is -0.342. The van der Waals surface area contributed by atoms with Gasteiger partial charge in [-0.05, 0) is 34.5 Å². The van der Waals surface area contributed by atoms with Crippen molar-refractivity contribution in [1.82, 2.24) is 0 Å². The van der Waals surface area contributed by atoms with Gasteiger partial charge in [-0.2, -0.15) is 0 Å². The van der Waals surface area contributed by atoms with Crippen LogP contribution < -0.4 is 10.6 Å². The average molecular weight is 323 g/mol. The van der Waals surface area contributed by atoms with E-state index < -0.39 is 0 Å². The third-order valence-electron chi connectivity index (χ3n) is 2.98. The summed E-state index contributed by atoms with van der Waals surface area (Å²) in [6.07, 6.45) is 0. The summed E-state index contributed by atoms with van der Waals surface area (Å²) in [6, 6.07) is 11.3. The first-order chi connectivity index (χ1) is 8.97. The van der Waals surface area contributed by atoms with E-state index in [0.717, 1.165) is 12.2 Å². The van der Waals surface area contributed by atoms with Crippen LogP contribution in [0, 0.1) is 12.7 Å². The van der Waals surface area contributed by atoms with Gasteiger partial charge < -0.3 is 10.6 Å². The Morgan fingerprint density at radius 1 is 1.26 bits per heavy atom. The van der Waals surface area contributed by atoms with Crippen LogP contribution in [0.25, 0.3) is 0 Å². The van der Waals surface area contributed by atoms with Crippen molar-refractivity contribution < 1.29 is 4.39 Å². The fourth-order valence-electron chi connectivity index (χ4n) is 2.05. The lowest BCUT2D eigenvalue weighted by Crippen LogP contribution is -2.18. The van der Waals surface area contributed by atoms with Gasteiger partial charge in [-0.1, -0.05) is 29.8 Å². The second-order valence-corrected chi connectivity index (χ2v) is 5.52. The molecule has 0 amide bonds. The molecule has 2 aromatic rings. The lowest BCUT2D eigenvalue weighted by Gasteiger charge is -2.22. The lowest BCUT2D eigenvalue weighted by molar-refractivity contribution is 0.621. The molecule has 2 rings (SSSR count). The number of rotatable bonds is 3. The van der Waals surface area contributed by atoms with Gasteiger partial charge in [0.15, 0.2) is 0 Å². The molecule has 0 aliphatic heterocycles. The summed E-state index contributed by atoms with van der Waals surface area (Å²) in [5, 5.41) is 0. The summed E-state index contributed by atoms with van der Waals surface area (Å²) < 4.78 is 13.8. The van der Waals surface area contributed by atoms with E-state index in [2.05, 4.69) is 41.1 Å². The van der Waals surface area contributed by atoms with Crippen molar-refractivity contribution in [3.63, 3.8) is 0 Å². The molecule has 0 radical (unpaired) electrons. The topological polar surface area (TPSA) is 29.3 Å². The highest BCUT2D eigenvalue weighted by molar-refractivity contribution is 9.10. The van der Waals surface area contributed by atoms with Gasteiger partial charge in [-0.3, -0.25) is 0 Å². The van der Waals surface area contributed by atoms with E-state index >= 15 is 0 Å². The zero-order valence-electron chi connectivity index (χ0n) is 11.0. The molecule has 0 saturated heterocycles. The summed E-state index contributed by atoms with van der Waals surface area (Å²) in [5.41, 5.74) is 9.55. The minimum Gasteiger partial charge on any atom is -0.397 e. The van der Waals surface area contributed by atoms with Gasteiger partial charge in [-0.15, -0.1) is 0 Å². The van der Waals surface area contributed by atoms with Gasteiger partial charge in [0.05, 0.1) is 15.8 Å². The number of nitrogens with zero attached hydrogens (tertiary/aromatic N) is 1. The van der Waals surface area contributed by atoms with Crippen molar-refractivity contribution in [3.05, 3.63) is 57.8 Å². The van der Waals surface area contributed by atoms with Crippen molar-refractivity contribution >= 4 is 27.3 Å². The van der Waals surface area contributed by atoms with E-state index in [0.29, 0.717) is 10.2 Å². The van der Waals surface area contributed by atoms with Gasteiger partial charge in [0.25, 0.3) is 0 Å². The first-order valence-electron chi connectivity index (χ1n) is 5.98. The van der Waals surface area contributed by atoms with Crippen LogP contribution in [0.5, 0.6) is 0 Å². The molecule has 2 nitrogen and oxygen atoms in total. The lowest BCUT2D eigenvalue weighted by atomic mass is 10.1. The van der Waals surface area contributed by atoms with E-state index in [4.69, 9.17) is 5.73 Å². The van der Waals surface area contributed by atoms with Crippen LogP contribution in [-0.2, 0) is 6.54 Å². The number of aryl methyl sites for hydroxylation is 1. The third-order valence-corrected chi connectivity index (χ3v) is 3.59. The Kier molecular flexibility index (Phi) is 4.10. The van der Waals surface area contributed by atoms with Crippen LogP contribution in [-0.4, -0.2) is 7.05 Å². The average Bonchev–Trinajstić information content (AvgIpc) is 2.33. The SMILES string of the molecule is Cc1cccc(CN(C)c2cc(Br)c(F)cc2N)c1. The number of nitrogen functional groups attached to an aromatic ring is 1. The van der Waals surface area contributed by atoms with Crippen LogP contribution in [0.1, 0.15) is 11.1 Å². The largest absolute Gasteiger partial charge is 0.397 e. The van der Waals surface area contributed by atoms with Crippen molar-refractivity contribution in [2.45, 2.75) is 13.5 Å². The van der Waals surface area contributed by atoms with Crippen molar-refractivity contribution in [3.8, 4) is 0 Å². The standard InChI is InChI=1S/C15H16BrFN2/c1-10-4-3-5-11(6-10)9-19(2)15-7-12(16)13(17)8-14(15)18/h3-8H,9,18H2,1-2H3. The second kappa shape index (κ2) is 5.61. The molecule has 0 atom stereocenters. The normalized spacial score (nSPS) is 10.5. The summed E-state index contributed by atoms with van der Waals surface area (Å²) in [6.45, 7) is 2.79. The fourth-order valence-corrected chi connectivity index (χ4v) is 2.38. The molecule has 0 saturated carbocycles. The maximum absolute atomic E-state index is 13.4. The van der Waals surface area contributed by atoms with Crippen LogP contribution in [0.4, 0.5) is 15.8 Å². The molecule has 0 aromatic heterocycles. The molecule has 0 aliphatic rings. The summed E-state index contributed by atoms with van der Waals surface area (Å²) in [5.74, 6) is -0.342. The molecule has 0 fully saturated rings. The van der Waals surface area contributed by atoms with Gasteiger partial charge in [-0.25, -0.2) is 4.39 Å². The molecule has 0 unspecified atom stereocenters. The van der Waals surface area contributed by atoms with Crippen LogP contribution in [0.3, 0.4) is 0 Å². The molecular formula is C15H16BrFN2. The highest BCUT2D eigenvalue weighted by atomic mass is 79.9. The Morgan fingerprint density at radius 3 is 2.68 bits per heavy atom. The third kappa shape index (κ3) is 3.26. The Morgan fingerprint density at radius 2 is 2.00 bits per heavy atom. The maximum atomic E-state index is 13.4. The van der Waals surface area contributed by atoms with Crippen molar-refractivity contribution in [2.24, 2.45) is 0 Å². The van der Waals surface area contributed by atoms with Gasteiger partial charge >= 0.3 is 0 Å². The zero-order valence-corrected chi connectivity index (χ0v) is 12.5. The number of hydrogen-bond acceptors (Lipinski definition) is 2. The van der Waals surface area contributed by atoms with E-state index in [1.54, 1.807) is 6.07 Å². The second-order valence-electron chi connectivity index (χ2n) is 4.67. The van der Waals surface area contributed by atoms with Crippen LogP contribution in [0.2, 0.25) is 0 Å². The minimum absolute atomic E-state index is 0.342. The molecule has 0 aliphatic carbocycles. The van der Waals surface area contributed by atoms with Crippen molar-refractivity contribution in [1.29, 1.82) is 0 Å². The number of halogens is 2. The molecule has 2 aromatic carbocycles. The Hall–Kier alpha value is -1.55. The Bertz CT molecular complexity index is 599. The zero-order chi connectivity index (χ0) is 14.0. The number of benzene rings is 2.